The van der Waals surface area contributed by atoms with Gasteiger partial charge in [0, 0.05) is 6.04 Å². The Hall–Kier alpha value is -0.110. The second-order valence-electron chi connectivity index (χ2n) is 6.62. The van der Waals surface area contributed by atoms with E-state index in [-0.39, 0.29) is 6.04 Å². The largest absolute Gasteiger partial charge is 0.327 e. The Balaban J connectivity index is 3.99. The van der Waals surface area contributed by atoms with Crippen molar-refractivity contribution in [1.82, 2.24) is 0 Å². The zero-order valence-corrected chi connectivity index (χ0v) is 13.8. The van der Waals surface area contributed by atoms with Crippen molar-refractivity contribution in [3.8, 4) is 0 Å². The molecule has 0 aliphatic heterocycles. The first kappa shape index (κ1) is 18.9. The van der Waals surface area contributed by atoms with E-state index < -0.39 is 6.17 Å². The van der Waals surface area contributed by atoms with Gasteiger partial charge in [0.15, 0.2) is 0 Å². The summed E-state index contributed by atoms with van der Waals surface area (Å²) in [4.78, 5) is 0. The number of hydrogen-bond acceptors (Lipinski definition) is 1. The zero-order chi connectivity index (χ0) is 14.8. The van der Waals surface area contributed by atoms with Gasteiger partial charge in [0.2, 0.25) is 0 Å². The zero-order valence-electron chi connectivity index (χ0n) is 13.8. The summed E-state index contributed by atoms with van der Waals surface area (Å²) in [7, 11) is 0. The lowest BCUT2D eigenvalue weighted by Crippen LogP contribution is -2.30. The molecular formula is C17H36FN. The summed E-state index contributed by atoms with van der Waals surface area (Å²) < 4.78 is 14.1. The van der Waals surface area contributed by atoms with Crippen LogP contribution in [0.25, 0.3) is 0 Å². The fourth-order valence-electron chi connectivity index (χ4n) is 2.83. The first-order chi connectivity index (χ1) is 8.92. The molecule has 4 unspecified atom stereocenters. The van der Waals surface area contributed by atoms with Crippen LogP contribution >= 0.6 is 0 Å². The van der Waals surface area contributed by atoms with Crippen LogP contribution in [0, 0.1) is 17.8 Å². The summed E-state index contributed by atoms with van der Waals surface area (Å²) in [5.41, 5.74) is 6.16. The summed E-state index contributed by atoms with van der Waals surface area (Å²) in [5.74, 6) is 1.40. The second kappa shape index (κ2) is 10.7. The fraction of sp³-hybridized carbons (Fsp3) is 1.00. The van der Waals surface area contributed by atoms with Gasteiger partial charge in [0.05, 0.1) is 0 Å². The Labute approximate surface area is 120 Å². The van der Waals surface area contributed by atoms with Gasteiger partial charge < -0.3 is 5.73 Å². The molecule has 4 atom stereocenters. The number of nitrogens with two attached hydrogens (primary N) is 1. The molecule has 1 nitrogen and oxygen atoms in total. The summed E-state index contributed by atoms with van der Waals surface area (Å²) >= 11 is 0. The Morgan fingerprint density at radius 1 is 1.00 bits per heavy atom. The number of halogens is 1. The first-order valence-corrected chi connectivity index (χ1v) is 8.31. The average Bonchev–Trinajstić information content (AvgIpc) is 2.35. The molecule has 0 fully saturated rings. The third-order valence-electron chi connectivity index (χ3n) is 4.53. The lowest BCUT2D eigenvalue weighted by Gasteiger charge is -2.25. The summed E-state index contributed by atoms with van der Waals surface area (Å²) in [6.07, 6.45) is 6.43. The number of alkyl halides is 1. The van der Waals surface area contributed by atoms with Gasteiger partial charge in [-0.3, -0.25) is 0 Å². The molecule has 0 bridgehead atoms. The lowest BCUT2D eigenvalue weighted by atomic mass is 9.84. The topological polar surface area (TPSA) is 26.0 Å². The molecule has 0 amide bonds. The van der Waals surface area contributed by atoms with Crippen LogP contribution in [-0.2, 0) is 0 Å². The normalized spacial score (nSPS) is 18.3. The van der Waals surface area contributed by atoms with Crippen LogP contribution < -0.4 is 5.73 Å². The van der Waals surface area contributed by atoms with Crippen LogP contribution in [0.3, 0.4) is 0 Å². The van der Waals surface area contributed by atoms with Crippen molar-refractivity contribution in [2.75, 3.05) is 0 Å². The van der Waals surface area contributed by atoms with Crippen molar-refractivity contribution < 1.29 is 4.39 Å². The van der Waals surface area contributed by atoms with Crippen molar-refractivity contribution in [3.63, 3.8) is 0 Å². The summed E-state index contributed by atoms with van der Waals surface area (Å²) in [6.45, 7) is 10.9. The van der Waals surface area contributed by atoms with E-state index in [2.05, 4.69) is 34.6 Å². The highest BCUT2D eigenvalue weighted by atomic mass is 19.1. The molecule has 2 heteroatoms. The molecule has 0 aliphatic rings. The van der Waals surface area contributed by atoms with Crippen molar-refractivity contribution in [2.45, 2.75) is 91.8 Å². The number of rotatable bonds is 11. The predicted molar refractivity (Wildman–Crippen MR) is 84.0 cm³/mol. The first-order valence-electron chi connectivity index (χ1n) is 8.31. The minimum atomic E-state index is -0.681. The second-order valence-corrected chi connectivity index (χ2v) is 6.62. The third-order valence-corrected chi connectivity index (χ3v) is 4.53. The van der Waals surface area contributed by atoms with Crippen LogP contribution in [0.5, 0.6) is 0 Å². The average molecular weight is 273 g/mol. The molecule has 0 heterocycles. The van der Waals surface area contributed by atoms with Gasteiger partial charge in [0.25, 0.3) is 0 Å². The molecule has 0 saturated carbocycles. The molecule has 116 valence electrons. The summed E-state index contributed by atoms with van der Waals surface area (Å²) in [5, 5.41) is 0. The van der Waals surface area contributed by atoms with Crippen LogP contribution in [0.2, 0.25) is 0 Å². The van der Waals surface area contributed by atoms with Gasteiger partial charge in [0.1, 0.15) is 6.17 Å². The highest BCUT2D eigenvalue weighted by Gasteiger charge is 2.22. The third kappa shape index (κ3) is 8.62. The molecule has 2 N–H and O–H groups in total. The predicted octanol–water partition coefficient (Wildman–Crippen LogP) is 5.33. The van der Waals surface area contributed by atoms with Gasteiger partial charge in [-0.15, -0.1) is 0 Å². The fourth-order valence-corrected chi connectivity index (χ4v) is 2.83. The van der Waals surface area contributed by atoms with E-state index in [1.807, 2.05) is 0 Å². The SMILES string of the molecule is CCCCCC(N)C(C)CC(F)CC(CC)C(C)C. The molecule has 0 aromatic carbocycles. The van der Waals surface area contributed by atoms with Gasteiger partial charge in [-0.25, -0.2) is 4.39 Å². The van der Waals surface area contributed by atoms with E-state index in [1.54, 1.807) is 0 Å². The smallest absolute Gasteiger partial charge is 0.101 e. The standard InChI is InChI=1S/C17H36FN/c1-6-8-9-10-17(19)14(5)11-16(18)12-15(7-2)13(3)4/h13-17H,6-12,19H2,1-5H3. The van der Waals surface area contributed by atoms with Gasteiger partial charge in [-0.2, -0.15) is 0 Å². The molecular weight excluding hydrogens is 237 g/mol. The van der Waals surface area contributed by atoms with Crippen LogP contribution in [0.15, 0.2) is 0 Å². The Kier molecular flexibility index (Phi) is 10.6. The van der Waals surface area contributed by atoms with Gasteiger partial charge in [-0.05, 0) is 37.0 Å². The van der Waals surface area contributed by atoms with Crippen molar-refractivity contribution in [2.24, 2.45) is 23.5 Å². The molecule has 19 heavy (non-hydrogen) atoms. The maximum atomic E-state index is 14.1. The molecule has 0 radical (unpaired) electrons. The Morgan fingerprint density at radius 2 is 1.63 bits per heavy atom. The maximum absolute atomic E-state index is 14.1. The highest BCUT2D eigenvalue weighted by Crippen LogP contribution is 2.26. The van der Waals surface area contributed by atoms with E-state index in [1.165, 1.54) is 19.3 Å². The maximum Gasteiger partial charge on any atom is 0.101 e. The minimum absolute atomic E-state index is 0.170. The monoisotopic (exact) mass is 273 g/mol. The van der Waals surface area contributed by atoms with E-state index in [9.17, 15) is 4.39 Å². The van der Waals surface area contributed by atoms with E-state index in [0.29, 0.717) is 30.6 Å². The van der Waals surface area contributed by atoms with E-state index in [4.69, 9.17) is 5.73 Å². The van der Waals surface area contributed by atoms with Gasteiger partial charge >= 0.3 is 0 Å². The van der Waals surface area contributed by atoms with E-state index in [0.717, 1.165) is 12.8 Å². The van der Waals surface area contributed by atoms with E-state index >= 15 is 0 Å². The van der Waals surface area contributed by atoms with Crippen LogP contribution in [0.1, 0.15) is 79.6 Å². The molecule has 0 aliphatic carbocycles. The van der Waals surface area contributed by atoms with Crippen molar-refractivity contribution in [3.05, 3.63) is 0 Å². The molecule has 0 aromatic rings. The van der Waals surface area contributed by atoms with Crippen molar-refractivity contribution >= 4 is 0 Å². The number of hydrogen-bond donors (Lipinski definition) is 1. The lowest BCUT2D eigenvalue weighted by molar-refractivity contribution is 0.188. The Morgan fingerprint density at radius 3 is 2.11 bits per heavy atom. The molecule has 0 rings (SSSR count). The minimum Gasteiger partial charge on any atom is -0.327 e. The molecule has 0 aromatic heterocycles. The molecule has 0 spiro atoms. The highest BCUT2D eigenvalue weighted by molar-refractivity contribution is 4.75. The van der Waals surface area contributed by atoms with Gasteiger partial charge in [-0.1, -0.05) is 60.3 Å². The van der Waals surface area contributed by atoms with Crippen molar-refractivity contribution in [1.29, 1.82) is 0 Å². The van der Waals surface area contributed by atoms with Crippen LogP contribution in [0.4, 0.5) is 4.39 Å². The quantitative estimate of drug-likeness (QED) is 0.506. The van der Waals surface area contributed by atoms with Crippen LogP contribution in [-0.4, -0.2) is 12.2 Å². The number of unbranched alkanes of at least 4 members (excludes halogenated alkanes) is 2. The molecule has 0 saturated heterocycles. The summed E-state index contributed by atoms with van der Waals surface area (Å²) in [6, 6.07) is 0.170. The Bertz CT molecular complexity index is 205.